The molecule has 2 saturated carbocycles. The molecule has 14 heteroatoms. The number of aromatic nitrogens is 6. The Morgan fingerprint density at radius 2 is 1.46 bits per heavy atom. The number of aromatic carboxylic acids is 1. The predicted molar refractivity (Wildman–Crippen MR) is 179 cm³/mol. The van der Waals surface area contributed by atoms with Gasteiger partial charge in [0.05, 0.1) is 34.4 Å². The van der Waals surface area contributed by atoms with Crippen molar-refractivity contribution in [3.8, 4) is 11.5 Å². The van der Waals surface area contributed by atoms with Gasteiger partial charge in [0.25, 0.3) is 5.89 Å². The first-order chi connectivity index (χ1) is 22.1. The van der Waals surface area contributed by atoms with Crippen LogP contribution in [0.25, 0.3) is 11.5 Å². The van der Waals surface area contributed by atoms with Crippen LogP contribution in [0.3, 0.4) is 0 Å². The average molecular weight is 754 g/mol. The van der Waals surface area contributed by atoms with Crippen LogP contribution in [0, 0.1) is 0 Å². The lowest BCUT2D eigenvalue weighted by atomic mass is 9.63. The summed E-state index contributed by atoms with van der Waals surface area (Å²) >= 11 is 6.88. The number of rotatable bonds is 6. The molecule has 0 saturated heterocycles. The van der Waals surface area contributed by atoms with Crippen LogP contribution in [0.2, 0.25) is 0 Å². The van der Waals surface area contributed by atoms with Crippen LogP contribution in [-0.2, 0) is 24.9 Å². The molecule has 240 valence electrons. The van der Waals surface area contributed by atoms with Gasteiger partial charge < -0.3 is 20.6 Å². The van der Waals surface area contributed by atoms with Gasteiger partial charge in [-0.15, -0.1) is 0 Å². The van der Waals surface area contributed by atoms with Crippen molar-refractivity contribution in [2.24, 2.45) is 25.0 Å². The summed E-state index contributed by atoms with van der Waals surface area (Å²) in [6.07, 6.45) is 12.7. The van der Waals surface area contributed by atoms with Gasteiger partial charge in [0, 0.05) is 35.4 Å². The van der Waals surface area contributed by atoms with Crippen LogP contribution in [-0.4, -0.2) is 51.8 Å². The highest BCUT2D eigenvalue weighted by Crippen LogP contribution is 2.48. The number of carboxylic acids is 1. The lowest BCUT2D eigenvalue weighted by Crippen LogP contribution is -2.46. The normalized spacial score (nSPS) is 16.1. The number of nitrogens with zero attached hydrogens (tertiary/aromatic N) is 7. The first-order valence-electron chi connectivity index (χ1n) is 14.6. The van der Waals surface area contributed by atoms with Gasteiger partial charge in [0.1, 0.15) is 5.84 Å². The first kappa shape index (κ1) is 33.1. The number of amidine groups is 1. The molecule has 4 N–H and O–H groups in total. The first-order valence-corrected chi connectivity index (χ1v) is 16.2. The monoisotopic (exact) mass is 752 g/mol. The Kier molecular flexibility index (Phi) is 10.1. The second-order valence-electron chi connectivity index (χ2n) is 11.4. The number of aryl methyl sites for hydroxylation is 2. The second kappa shape index (κ2) is 14.0. The molecule has 0 unspecified atom stereocenters. The third-order valence-corrected chi connectivity index (χ3v) is 9.62. The number of nitrogens with two attached hydrogens (primary N) is 1. The van der Waals surface area contributed by atoms with Crippen molar-refractivity contribution in [2.75, 3.05) is 0 Å². The van der Waals surface area contributed by atoms with Crippen molar-refractivity contribution in [1.82, 2.24) is 29.7 Å². The molecule has 0 bridgehead atoms. The summed E-state index contributed by atoms with van der Waals surface area (Å²) in [5.74, 6) is 0.700. The van der Waals surface area contributed by atoms with Gasteiger partial charge in [-0.25, -0.2) is 4.79 Å². The lowest BCUT2D eigenvalue weighted by Gasteiger charge is -2.41. The van der Waals surface area contributed by atoms with E-state index in [2.05, 4.69) is 81.6 Å². The molecule has 2 aromatic carbocycles. The van der Waals surface area contributed by atoms with Crippen LogP contribution in [0.5, 0.6) is 0 Å². The summed E-state index contributed by atoms with van der Waals surface area (Å²) in [5.41, 5.74) is 8.89. The fourth-order valence-corrected chi connectivity index (χ4v) is 6.16. The standard InChI is InChI=1S/C16H15BrN4O.C11H13BrN2O.C5H6N2O2/c1-21-10-11(9-18-21)14-19-15(20-22-14)16(7-2-8-16)12-3-5-13(17)6-4-12;12-9-4-2-8(3-5-9)11(6-1-7-11)10(13)14-15;1-7-3-4(2-6-7)5(8)9/h3-6,9-10H,2,7-8H2,1H3;2-5,15H,1,6-7H2,(H2,13,14);2-3H,1H3,(H,8,9). The number of hydrogen-bond acceptors (Lipinski definition) is 8. The lowest BCUT2D eigenvalue weighted by molar-refractivity contribution is 0.0696. The minimum Gasteiger partial charge on any atom is -0.478 e. The van der Waals surface area contributed by atoms with Crippen molar-refractivity contribution in [3.63, 3.8) is 0 Å². The molecule has 0 amide bonds. The molecule has 0 radical (unpaired) electrons. The molecule has 3 heterocycles. The highest BCUT2D eigenvalue weighted by atomic mass is 79.9. The van der Waals surface area contributed by atoms with E-state index >= 15 is 0 Å². The summed E-state index contributed by atoms with van der Waals surface area (Å²) in [4.78, 5) is 14.8. The molecule has 5 aromatic rings. The average Bonchev–Trinajstić information content (AvgIpc) is 3.76. The number of hydrogen-bond donors (Lipinski definition) is 3. The van der Waals surface area contributed by atoms with Gasteiger partial charge in [0.2, 0.25) is 0 Å². The quantitative estimate of drug-likeness (QED) is 0.0765. The third-order valence-electron chi connectivity index (χ3n) is 8.56. The zero-order valence-corrected chi connectivity index (χ0v) is 28.5. The van der Waals surface area contributed by atoms with E-state index in [4.69, 9.17) is 20.6 Å². The van der Waals surface area contributed by atoms with Crippen molar-refractivity contribution >= 4 is 43.7 Å². The van der Waals surface area contributed by atoms with Crippen LogP contribution in [0.15, 0.2) is 91.9 Å². The molecule has 12 nitrogen and oxygen atoms in total. The summed E-state index contributed by atoms with van der Waals surface area (Å²) < 4.78 is 10.8. The Morgan fingerprint density at radius 1 is 0.891 bits per heavy atom. The van der Waals surface area contributed by atoms with E-state index in [0.717, 1.165) is 58.0 Å². The Bertz CT molecular complexity index is 1800. The maximum Gasteiger partial charge on any atom is 0.338 e. The minimum atomic E-state index is -0.942. The second-order valence-corrected chi connectivity index (χ2v) is 13.2. The van der Waals surface area contributed by atoms with Crippen molar-refractivity contribution in [2.45, 2.75) is 49.4 Å². The van der Waals surface area contributed by atoms with Crippen molar-refractivity contribution < 1.29 is 19.6 Å². The fraction of sp³-hybridized carbons (Fsp3) is 0.312. The Hall–Kier alpha value is -4.30. The largest absolute Gasteiger partial charge is 0.478 e. The Balaban J connectivity index is 0.000000150. The maximum atomic E-state index is 10.2. The number of halogens is 2. The van der Waals surface area contributed by atoms with E-state index in [1.807, 2.05) is 37.5 Å². The van der Waals surface area contributed by atoms with Crippen LogP contribution >= 0.6 is 31.9 Å². The van der Waals surface area contributed by atoms with E-state index in [0.29, 0.717) is 11.7 Å². The summed E-state index contributed by atoms with van der Waals surface area (Å²) in [7, 11) is 3.54. The molecule has 0 spiro atoms. The van der Waals surface area contributed by atoms with Gasteiger partial charge in [-0.3, -0.25) is 9.36 Å². The number of benzene rings is 2. The summed E-state index contributed by atoms with van der Waals surface area (Å²) in [5, 5.41) is 32.4. The molecule has 0 aliphatic heterocycles. The summed E-state index contributed by atoms with van der Waals surface area (Å²) in [6.45, 7) is 0. The molecule has 0 atom stereocenters. The summed E-state index contributed by atoms with van der Waals surface area (Å²) in [6, 6.07) is 16.4. The van der Waals surface area contributed by atoms with E-state index in [1.54, 1.807) is 17.9 Å². The van der Waals surface area contributed by atoms with Crippen LogP contribution in [0.1, 0.15) is 65.8 Å². The SMILES string of the molecule is Cn1cc(-c2nc(C3(c4ccc(Br)cc4)CCC3)no2)cn1.Cn1cc(C(=O)O)cn1.N/C(=N\O)C1(c2ccc(Br)cc2)CCC1. The molecule has 2 fully saturated rings. The zero-order chi connectivity index (χ0) is 32.9. The highest BCUT2D eigenvalue weighted by molar-refractivity contribution is 9.10. The number of oxime groups is 1. The maximum absolute atomic E-state index is 10.2. The third kappa shape index (κ3) is 6.92. The molecular formula is C32H34Br2N8O4. The molecule has 7 rings (SSSR count). The molecule has 2 aliphatic rings. The number of carbonyl (C=O) groups is 1. The van der Waals surface area contributed by atoms with E-state index < -0.39 is 5.97 Å². The topological polar surface area (TPSA) is 170 Å². The van der Waals surface area contributed by atoms with Crippen LogP contribution < -0.4 is 5.73 Å². The smallest absolute Gasteiger partial charge is 0.338 e. The zero-order valence-electron chi connectivity index (χ0n) is 25.3. The highest BCUT2D eigenvalue weighted by Gasteiger charge is 2.45. The van der Waals surface area contributed by atoms with E-state index in [-0.39, 0.29) is 16.4 Å². The Labute approximate surface area is 282 Å². The molecule has 2 aliphatic carbocycles. The molecular weight excluding hydrogens is 720 g/mol. The molecule has 46 heavy (non-hydrogen) atoms. The van der Waals surface area contributed by atoms with Gasteiger partial charge in [-0.1, -0.05) is 79.3 Å². The van der Waals surface area contributed by atoms with Gasteiger partial charge in [0.15, 0.2) is 5.82 Å². The minimum absolute atomic E-state index is 0.106. The van der Waals surface area contributed by atoms with Gasteiger partial charge in [-0.2, -0.15) is 15.2 Å². The van der Waals surface area contributed by atoms with Crippen molar-refractivity contribution in [1.29, 1.82) is 0 Å². The van der Waals surface area contributed by atoms with Gasteiger partial charge >= 0.3 is 5.97 Å². The number of carboxylic acid groups (broad SMARTS) is 1. The fourth-order valence-electron chi connectivity index (χ4n) is 5.63. The van der Waals surface area contributed by atoms with E-state index in [9.17, 15) is 4.79 Å². The van der Waals surface area contributed by atoms with Crippen molar-refractivity contribution in [3.05, 3.63) is 105 Å². The van der Waals surface area contributed by atoms with Crippen LogP contribution in [0.4, 0.5) is 0 Å². The Morgan fingerprint density at radius 3 is 1.87 bits per heavy atom. The predicted octanol–water partition coefficient (Wildman–Crippen LogP) is 6.44. The molecule has 3 aromatic heterocycles. The van der Waals surface area contributed by atoms with Gasteiger partial charge in [-0.05, 0) is 61.1 Å². The van der Waals surface area contributed by atoms with E-state index in [1.165, 1.54) is 29.1 Å².